The summed E-state index contributed by atoms with van der Waals surface area (Å²) in [5.41, 5.74) is 2.48. The molecule has 2 N–H and O–H groups in total. The predicted octanol–water partition coefficient (Wildman–Crippen LogP) is 2.76. The highest BCUT2D eigenvalue weighted by molar-refractivity contribution is 9.10. The molecule has 96 valence electrons. The molecule has 0 spiro atoms. The molecule has 0 heterocycles. The molecule has 1 aromatic rings. The van der Waals surface area contributed by atoms with Gasteiger partial charge in [0.2, 0.25) is 10.0 Å². The van der Waals surface area contributed by atoms with Crippen LogP contribution in [0, 0.1) is 6.92 Å². The summed E-state index contributed by atoms with van der Waals surface area (Å²) in [7, 11) is -3.38. The summed E-state index contributed by atoms with van der Waals surface area (Å²) >= 11 is 3.42. The summed E-state index contributed by atoms with van der Waals surface area (Å²) in [4.78, 5) is 0. The van der Waals surface area contributed by atoms with Crippen LogP contribution in [0.1, 0.15) is 30.9 Å². The fraction of sp³-hybridized carbons (Fsp3) is 0.500. The van der Waals surface area contributed by atoms with Crippen LogP contribution in [0.15, 0.2) is 22.7 Å². The summed E-state index contributed by atoms with van der Waals surface area (Å²) in [5, 5.41) is 4.61. The number of benzene rings is 1. The van der Waals surface area contributed by atoms with E-state index in [0.29, 0.717) is 6.42 Å². The molecule has 0 aliphatic heterocycles. The number of hydrogen-bond acceptors (Lipinski definition) is 2. The minimum absolute atomic E-state index is 0.460. The van der Waals surface area contributed by atoms with E-state index in [0.717, 1.165) is 17.3 Å². The van der Waals surface area contributed by atoms with E-state index in [1.165, 1.54) is 11.1 Å². The zero-order valence-electron chi connectivity index (χ0n) is 10.1. The topological polar surface area (TPSA) is 60.2 Å². The van der Waals surface area contributed by atoms with Gasteiger partial charge in [-0.3, -0.25) is 0 Å². The highest BCUT2D eigenvalue weighted by Crippen LogP contribution is 2.18. The molecule has 0 bridgehead atoms. The van der Waals surface area contributed by atoms with E-state index in [1.54, 1.807) is 6.92 Å². The third kappa shape index (κ3) is 4.77. The van der Waals surface area contributed by atoms with Gasteiger partial charge in [0.05, 0.1) is 5.25 Å². The van der Waals surface area contributed by atoms with Crippen LogP contribution in [-0.4, -0.2) is 13.7 Å². The van der Waals surface area contributed by atoms with Crippen molar-refractivity contribution in [3.8, 4) is 0 Å². The maximum Gasteiger partial charge on any atom is 0.211 e. The average Bonchev–Trinajstić information content (AvgIpc) is 2.19. The first-order chi connectivity index (χ1) is 7.80. The van der Waals surface area contributed by atoms with Gasteiger partial charge in [-0.15, -0.1) is 0 Å². The van der Waals surface area contributed by atoms with E-state index in [1.807, 2.05) is 6.07 Å². The van der Waals surface area contributed by atoms with Crippen molar-refractivity contribution in [2.75, 3.05) is 0 Å². The first-order valence-electron chi connectivity index (χ1n) is 5.57. The van der Waals surface area contributed by atoms with Crippen molar-refractivity contribution < 1.29 is 8.42 Å². The predicted molar refractivity (Wildman–Crippen MR) is 74.4 cm³/mol. The van der Waals surface area contributed by atoms with Gasteiger partial charge < -0.3 is 0 Å². The number of nitrogens with two attached hydrogens (primary N) is 1. The molecule has 1 aromatic carbocycles. The maximum atomic E-state index is 11.1. The van der Waals surface area contributed by atoms with E-state index in [-0.39, 0.29) is 0 Å². The second kappa shape index (κ2) is 5.98. The number of primary sulfonamides is 1. The number of hydrogen-bond donors (Lipinski definition) is 1. The maximum absolute atomic E-state index is 11.1. The quantitative estimate of drug-likeness (QED) is 0.907. The second-order valence-electron chi connectivity index (χ2n) is 4.36. The monoisotopic (exact) mass is 319 g/mol. The van der Waals surface area contributed by atoms with E-state index in [2.05, 4.69) is 35.0 Å². The van der Waals surface area contributed by atoms with Gasteiger partial charge in [-0.05, 0) is 56.4 Å². The first-order valence-corrected chi connectivity index (χ1v) is 7.97. The Morgan fingerprint density at radius 3 is 2.59 bits per heavy atom. The number of rotatable bonds is 5. The summed E-state index contributed by atoms with van der Waals surface area (Å²) < 4.78 is 23.2. The van der Waals surface area contributed by atoms with Crippen LogP contribution in [0.5, 0.6) is 0 Å². The van der Waals surface area contributed by atoms with Gasteiger partial charge in [0.1, 0.15) is 0 Å². The molecule has 0 aliphatic rings. The third-order valence-electron chi connectivity index (χ3n) is 2.92. The Morgan fingerprint density at radius 2 is 2.06 bits per heavy atom. The van der Waals surface area contributed by atoms with Crippen molar-refractivity contribution in [1.29, 1.82) is 0 Å². The molecule has 1 rings (SSSR count). The first kappa shape index (κ1) is 14.7. The Balaban J connectivity index is 2.52. The van der Waals surface area contributed by atoms with Crippen molar-refractivity contribution in [2.45, 2.75) is 38.4 Å². The minimum Gasteiger partial charge on any atom is -0.228 e. The van der Waals surface area contributed by atoms with Crippen molar-refractivity contribution in [3.63, 3.8) is 0 Å². The standard InChI is InChI=1S/C12H18BrNO2S/c1-9-8-12(13)7-6-11(9)5-3-4-10(2)17(14,15)16/h6-8,10H,3-5H2,1-2H3,(H2,14,15,16). The van der Waals surface area contributed by atoms with Crippen LogP contribution in [0.3, 0.4) is 0 Å². The SMILES string of the molecule is Cc1cc(Br)ccc1CCCC(C)S(N)(=O)=O. The van der Waals surface area contributed by atoms with Crippen LogP contribution < -0.4 is 5.14 Å². The third-order valence-corrected chi connectivity index (χ3v) is 4.77. The Labute approximate surface area is 112 Å². The zero-order valence-corrected chi connectivity index (χ0v) is 12.5. The lowest BCUT2D eigenvalue weighted by molar-refractivity contribution is 0.574. The lowest BCUT2D eigenvalue weighted by Gasteiger charge is -2.10. The van der Waals surface area contributed by atoms with E-state index in [4.69, 9.17) is 5.14 Å². The van der Waals surface area contributed by atoms with Crippen molar-refractivity contribution in [3.05, 3.63) is 33.8 Å². The molecular weight excluding hydrogens is 302 g/mol. The highest BCUT2D eigenvalue weighted by atomic mass is 79.9. The van der Waals surface area contributed by atoms with E-state index in [9.17, 15) is 8.42 Å². The van der Waals surface area contributed by atoms with Crippen molar-refractivity contribution in [2.24, 2.45) is 5.14 Å². The Morgan fingerprint density at radius 1 is 1.41 bits per heavy atom. The summed E-state index contributed by atoms with van der Waals surface area (Å²) in [6, 6.07) is 6.14. The van der Waals surface area contributed by atoms with Crippen molar-refractivity contribution >= 4 is 26.0 Å². The van der Waals surface area contributed by atoms with Crippen LogP contribution in [0.25, 0.3) is 0 Å². The van der Waals surface area contributed by atoms with Crippen molar-refractivity contribution in [1.82, 2.24) is 0 Å². The summed E-state index contributed by atoms with van der Waals surface area (Å²) in [6.45, 7) is 3.72. The lowest BCUT2D eigenvalue weighted by Crippen LogP contribution is -2.25. The Bertz CT molecular complexity index is 485. The van der Waals surface area contributed by atoms with Crippen LogP contribution in [0.2, 0.25) is 0 Å². The molecule has 17 heavy (non-hydrogen) atoms. The molecule has 5 heteroatoms. The molecule has 0 fully saturated rings. The highest BCUT2D eigenvalue weighted by Gasteiger charge is 2.14. The molecule has 1 unspecified atom stereocenters. The van der Waals surface area contributed by atoms with Gasteiger partial charge in [-0.1, -0.05) is 22.0 Å². The van der Waals surface area contributed by atoms with Crippen LogP contribution in [-0.2, 0) is 16.4 Å². The van der Waals surface area contributed by atoms with Gasteiger partial charge in [-0.2, -0.15) is 0 Å². The van der Waals surface area contributed by atoms with E-state index >= 15 is 0 Å². The van der Waals surface area contributed by atoms with E-state index < -0.39 is 15.3 Å². The number of sulfonamides is 1. The van der Waals surface area contributed by atoms with Crippen LogP contribution >= 0.6 is 15.9 Å². The largest absolute Gasteiger partial charge is 0.228 e. The van der Waals surface area contributed by atoms with Gasteiger partial charge in [0.25, 0.3) is 0 Å². The molecule has 0 aromatic heterocycles. The normalized spacial score (nSPS) is 13.6. The van der Waals surface area contributed by atoms with Crippen LogP contribution in [0.4, 0.5) is 0 Å². The zero-order chi connectivity index (χ0) is 13.1. The molecule has 0 saturated carbocycles. The number of halogens is 1. The Kier molecular flexibility index (Phi) is 5.16. The molecule has 0 amide bonds. The summed E-state index contributed by atoms with van der Waals surface area (Å²) in [6.07, 6.45) is 2.33. The molecular formula is C12H18BrNO2S. The number of aryl methyl sites for hydroxylation is 2. The van der Waals surface area contributed by atoms with Gasteiger partial charge in [0.15, 0.2) is 0 Å². The molecule has 0 saturated heterocycles. The second-order valence-corrected chi connectivity index (χ2v) is 7.26. The van der Waals surface area contributed by atoms with Gasteiger partial charge in [-0.25, -0.2) is 13.6 Å². The molecule has 3 nitrogen and oxygen atoms in total. The molecule has 1 atom stereocenters. The molecule has 0 radical (unpaired) electrons. The smallest absolute Gasteiger partial charge is 0.211 e. The fourth-order valence-electron chi connectivity index (χ4n) is 1.68. The Hall–Kier alpha value is -0.390. The fourth-order valence-corrected chi connectivity index (χ4v) is 2.65. The molecule has 0 aliphatic carbocycles. The van der Waals surface area contributed by atoms with Gasteiger partial charge in [0, 0.05) is 4.47 Å². The minimum atomic E-state index is -3.38. The van der Waals surface area contributed by atoms with Gasteiger partial charge >= 0.3 is 0 Å². The average molecular weight is 320 g/mol. The lowest BCUT2D eigenvalue weighted by atomic mass is 10.0. The summed E-state index contributed by atoms with van der Waals surface area (Å²) in [5.74, 6) is 0.